The van der Waals surface area contributed by atoms with Gasteiger partial charge in [-0.15, -0.1) is 0 Å². The van der Waals surface area contributed by atoms with Gasteiger partial charge in [0.2, 0.25) is 5.91 Å². The smallest absolute Gasteiger partial charge is 0.318 e. The van der Waals surface area contributed by atoms with Gasteiger partial charge in [0, 0.05) is 32.2 Å². The van der Waals surface area contributed by atoms with Crippen LogP contribution >= 0.6 is 0 Å². The Labute approximate surface area is 149 Å². The molecule has 25 heavy (non-hydrogen) atoms. The molecule has 0 spiro atoms. The lowest BCUT2D eigenvalue weighted by Gasteiger charge is -2.34. The zero-order chi connectivity index (χ0) is 17.8. The Balaban J connectivity index is 1.44. The van der Waals surface area contributed by atoms with Crippen molar-refractivity contribution in [1.29, 1.82) is 0 Å². The Hall–Kier alpha value is -2.08. The van der Waals surface area contributed by atoms with Crippen molar-refractivity contribution in [2.75, 3.05) is 26.2 Å². The minimum atomic E-state index is -0.159. The molecule has 0 saturated carbocycles. The summed E-state index contributed by atoms with van der Waals surface area (Å²) in [6, 6.07) is 8.21. The van der Waals surface area contributed by atoms with Crippen LogP contribution in [0.1, 0.15) is 30.9 Å². The number of amides is 3. The molecule has 3 amide bonds. The quantitative estimate of drug-likeness (QED) is 0.868. The second-order valence-corrected chi connectivity index (χ2v) is 7.18. The number of nitrogens with zero attached hydrogens (tertiary/aromatic N) is 2. The number of likely N-dealkylation sites (tertiary alicyclic amines) is 1. The van der Waals surface area contributed by atoms with Crippen molar-refractivity contribution in [1.82, 2.24) is 15.1 Å². The van der Waals surface area contributed by atoms with Crippen LogP contribution in [0, 0.1) is 5.92 Å². The summed E-state index contributed by atoms with van der Waals surface area (Å²) in [5, 5.41) is 2.79. The summed E-state index contributed by atoms with van der Waals surface area (Å²) in [6.07, 6.45) is 2.75. The average Bonchev–Trinajstić information content (AvgIpc) is 2.65. The van der Waals surface area contributed by atoms with E-state index < -0.39 is 0 Å². The summed E-state index contributed by atoms with van der Waals surface area (Å²) in [5.74, 6) is 0.487. The number of carbonyl (C=O) groups is 2. The van der Waals surface area contributed by atoms with Crippen molar-refractivity contribution in [2.45, 2.75) is 38.8 Å². The van der Waals surface area contributed by atoms with Crippen LogP contribution in [0.2, 0.25) is 0 Å². The van der Waals surface area contributed by atoms with Crippen molar-refractivity contribution in [3.8, 4) is 0 Å². The number of hydrogen-bond acceptors (Lipinski definition) is 3. The zero-order valence-electron chi connectivity index (χ0n) is 14.9. The van der Waals surface area contributed by atoms with Gasteiger partial charge in [-0.2, -0.15) is 0 Å². The molecule has 136 valence electrons. The van der Waals surface area contributed by atoms with E-state index in [0.29, 0.717) is 19.0 Å². The van der Waals surface area contributed by atoms with E-state index in [1.807, 2.05) is 24.0 Å². The third-order valence-corrected chi connectivity index (χ3v) is 5.44. The molecule has 3 rings (SSSR count). The first kappa shape index (κ1) is 17.7. The number of urea groups is 1. The predicted octanol–water partition coefficient (Wildman–Crippen LogP) is 1.34. The number of rotatable bonds is 3. The number of nitrogens with two attached hydrogens (primary N) is 1. The summed E-state index contributed by atoms with van der Waals surface area (Å²) >= 11 is 0. The van der Waals surface area contributed by atoms with Crippen LogP contribution in [0.3, 0.4) is 0 Å². The molecule has 2 aliphatic heterocycles. The molecule has 0 aliphatic carbocycles. The second kappa shape index (κ2) is 7.87. The third-order valence-electron chi connectivity index (χ3n) is 5.44. The average molecular weight is 344 g/mol. The van der Waals surface area contributed by atoms with Gasteiger partial charge in [0.1, 0.15) is 0 Å². The van der Waals surface area contributed by atoms with Crippen LogP contribution in [-0.2, 0) is 17.8 Å². The van der Waals surface area contributed by atoms with Gasteiger partial charge in [0.15, 0.2) is 0 Å². The standard InChI is InChI=1S/C19H28N4O2/c1-14(20)15-6-9-22(10-7-15)18(24)12-21-19(25)23-11-8-16-4-2-3-5-17(16)13-23/h2-5,14-15H,6-13,20H2,1H3,(H,21,25). The zero-order valence-corrected chi connectivity index (χ0v) is 14.9. The van der Waals surface area contributed by atoms with Crippen LogP contribution in [-0.4, -0.2) is 54.0 Å². The Morgan fingerprint density at radius 1 is 1.16 bits per heavy atom. The molecule has 1 unspecified atom stereocenters. The van der Waals surface area contributed by atoms with E-state index in [9.17, 15) is 9.59 Å². The van der Waals surface area contributed by atoms with Crippen LogP contribution in [0.15, 0.2) is 24.3 Å². The normalized spacial score (nSPS) is 19.3. The molecular weight excluding hydrogens is 316 g/mol. The van der Waals surface area contributed by atoms with Crippen molar-refractivity contribution in [2.24, 2.45) is 11.7 Å². The van der Waals surface area contributed by atoms with Crippen LogP contribution in [0.4, 0.5) is 4.79 Å². The van der Waals surface area contributed by atoms with Crippen molar-refractivity contribution in [3.63, 3.8) is 0 Å². The largest absolute Gasteiger partial charge is 0.341 e. The molecule has 2 heterocycles. The fraction of sp³-hybridized carbons (Fsp3) is 0.579. The molecule has 0 radical (unpaired) electrons. The highest BCUT2D eigenvalue weighted by molar-refractivity contribution is 5.84. The molecular formula is C19H28N4O2. The lowest BCUT2D eigenvalue weighted by atomic mass is 9.91. The number of carbonyl (C=O) groups excluding carboxylic acids is 2. The van der Waals surface area contributed by atoms with Crippen LogP contribution in [0.25, 0.3) is 0 Å². The van der Waals surface area contributed by atoms with Gasteiger partial charge < -0.3 is 20.9 Å². The fourth-order valence-electron chi connectivity index (χ4n) is 3.72. The SMILES string of the molecule is CC(N)C1CCN(C(=O)CNC(=O)N2CCc3ccccc3C2)CC1. The first-order chi connectivity index (χ1) is 12.0. The van der Waals surface area contributed by atoms with E-state index in [2.05, 4.69) is 17.4 Å². The van der Waals surface area contributed by atoms with Gasteiger partial charge in [-0.3, -0.25) is 4.79 Å². The molecule has 2 aliphatic rings. The van der Waals surface area contributed by atoms with E-state index in [-0.39, 0.29) is 24.5 Å². The second-order valence-electron chi connectivity index (χ2n) is 7.18. The maximum atomic E-state index is 12.4. The monoisotopic (exact) mass is 344 g/mol. The molecule has 1 aromatic rings. The molecule has 1 saturated heterocycles. The lowest BCUT2D eigenvalue weighted by Crippen LogP contribution is -2.49. The van der Waals surface area contributed by atoms with Crippen molar-refractivity contribution < 1.29 is 9.59 Å². The van der Waals surface area contributed by atoms with Gasteiger partial charge in [0.05, 0.1) is 6.54 Å². The van der Waals surface area contributed by atoms with E-state index in [1.54, 1.807) is 4.90 Å². The van der Waals surface area contributed by atoms with Gasteiger partial charge in [-0.1, -0.05) is 24.3 Å². The first-order valence-corrected chi connectivity index (χ1v) is 9.17. The van der Waals surface area contributed by atoms with Gasteiger partial charge in [0.25, 0.3) is 0 Å². The Bertz CT molecular complexity index is 624. The number of nitrogens with one attached hydrogen (secondary N) is 1. The van der Waals surface area contributed by atoms with E-state index in [0.717, 1.165) is 32.4 Å². The highest BCUT2D eigenvalue weighted by Gasteiger charge is 2.26. The first-order valence-electron chi connectivity index (χ1n) is 9.17. The van der Waals surface area contributed by atoms with Gasteiger partial charge >= 0.3 is 6.03 Å². The number of piperidine rings is 1. The number of hydrogen-bond donors (Lipinski definition) is 2. The molecule has 0 aromatic heterocycles. The van der Waals surface area contributed by atoms with Crippen LogP contribution < -0.4 is 11.1 Å². The maximum absolute atomic E-state index is 12.4. The Kier molecular flexibility index (Phi) is 5.58. The molecule has 1 atom stereocenters. The van der Waals surface area contributed by atoms with Crippen LogP contribution in [0.5, 0.6) is 0 Å². The molecule has 6 nitrogen and oxygen atoms in total. The summed E-state index contributed by atoms with van der Waals surface area (Å²) in [6.45, 7) is 4.86. The molecule has 0 bridgehead atoms. The topological polar surface area (TPSA) is 78.7 Å². The molecule has 1 fully saturated rings. The summed E-state index contributed by atoms with van der Waals surface area (Å²) in [5.41, 5.74) is 8.43. The highest BCUT2D eigenvalue weighted by atomic mass is 16.2. The molecule has 1 aromatic carbocycles. The minimum absolute atomic E-state index is 0.00566. The summed E-state index contributed by atoms with van der Waals surface area (Å²) < 4.78 is 0. The Morgan fingerprint density at radius 3 is 2.52 bits per heavy atom. The lowest BCUT2D eigenvalue weighted by molar-refractivity contribution is -0.131. The van der Waals surface area contributed by atoms with Gasteiger partial charge in [-0.25, -0.2) is 4.79 Å². The Morgan fingerprint density at radius 2 is 1.84 bits per heavy atom. The summed E-state index contributed by atoms with van der Waals surface area (Å²) in [4.78, 5) is 28.3. The molecule has 3 N–H and O–H groups in total. The predicted molar refractivity (Wildman–Crippen MR) is 96.9 cm³/mol. The summed E-state index contributed by atoms with van der Waals surface area (Å²) in [7, 11) is 0. The highest BCUT2D eigenvalue weighted by Crippen LogP contribution is 2.20. The van der Waals surface area contributed by atoms with E-state index in [4.69, 9.17) is 5.73 Å². The van der Waals surface area contributed by atoms with Crippen molar-refractivity contribution in [3.05, 3.63) is 35.4 Å². The van der Waals surface area contributed by atoms with Gasteiger partial charge in [-0.05, 0) is 43.2 Å². The maximum Gasteiger partial charge on any atom is 0.318 e. The van der Waals surface area contributed by atoms with Crippen molar-refractivity contribution >= 4 is 11.9 Å². The number of fused-ring (bicyclic) bond motifs is 1. The fourth-order valence-corrected chi connectivity index (χ4v) is 3.72. The third kappa shape index (κ3) is 4.31. The number of benzene rings is 1. The molecule has 6 heteroatoms. The van der Waals surface area contributed by atoms with E-state index >= 15 is 0 Å². The van der Waals surface area contributed by atoms with E-state index in [1.165, 1.54) is 11.1 Å². The minimum Gasteiger partial charge on any atom is -0.341 e.